The molecule has 0 saturated carbocycles. The van der Waals surface area contributed by atoms with Gasteiger partial charge in [-0.05, 0) is 36.7 Å². The van der Waals surface area contributed by atoms with Gasteiger partial charge < -0.3 is 24.8 Å². The first-order valence-corrected chi connectivity index (χ1v) is 9.51. The molecule has 2 heterocycles. The summed E-state index contributed by atoms with van der Waals surface area (Å²) in [4.78, 5) is 18.2. The van der Waals surface area contributed by atoms with Crippen LogP contribution in [-0.2, 0) is 29.0 Å². The molecule has 1 aliphatic heterocycles. The number of fused-ring (bicyclic) bond motifs is 3. The lowest BCUT2D eigenvalue weighted by atomic mass is 10.1. The monoisotopic (exact) mass is 396 g/mol. The maximum Gasteiger partial charge on any atom is 0.414 e. The minimum Gasteiger partial charge on any atom is -0.492 e. The van der Waals surface area contributed by atoms with Crippen molar-refractivity contribution >= 4 is 22.8 Å². The van der Waals surface area contributed by atoms with Crippen LogP contribution in [0.1, 0.15) is 11.3 Å². The van der Waals surface area contributed by atoms with Crippen LogP contribution in [0.2, 0.25) is 0 Å². The lowest BCUT2D eigenvalue weighted by molar-refractivity contribution is -0.159. The molecule has 0 spiro atoms. The molecule has 0 unspecified atom stereocenters. The molecule has 0 bridgehead atoms. The molecule has 3 N–H and O–H groups in total. The van der Waals surface area contributed by atoms with E-state index in [1.54, 1.807) is 0 Å². The van der Waals surface area contributed by atoms with E-state index in [9.17, 15) is 0 Å². The number of nitrogens with one attached hydrogen (secondary N) is 1. The van der Waals surface area contributed by atoms with Crippen LogP contribution in [0.4, 0.5) is 0 Å². The number of carboxylic acid groups (broad SMARTS) is 2. The van der Waals surface area contributed by atoms with Crippen molar-refractivity contribution in [2.45, 2.75) is 19.4 Å². The third-order valence-electron chi connectivity index (χ3n) is 4.79. The Kier molecular flexibility index (Phi) is 6.86. The van der Waals surface area contributed by atoms with Crippen molar-refractivity contribution in [3.63, 3.8) is 0 Å². The molecule has 0 fully saturated rings. The molecule has 0 saturated heterocycles. The Balaban J connectivity index is 0.000000353. The molecule has 29 heavy (non-hydrogen) atoms. The number of aliphatic carboxylic acids is 2. The van der Waals surface area contributed by atoms with Crippen molar-refractivity contribution in [1.82, 2.24) is 9.88 Å². The number of benzene rings is 2. The molecule has 4 rings (SSSR count). The van der Waals surface area contributed by atoms with Gasteiger partial charge in [0.2, 0.25) is 0 Å². The van der Waals surface area contributed by atoms with Gasteiger partial charge in [0.05, 0.1) is 6.54 Å². The Morgan fingerprint density at radius 3 is 2.31 bits per heavy atom. The lowest BCUT2D eigenvalue weighted by Gasteiger charge is -2.12. The van der Waals surface area contributed by atoms with Crippen LogP contribution in [-0.4, -0.2) is 46.4 Å². The zero-order valence-corrected chi connectivity index (χ0v) is 16.0. The Hall–Kier alpha value is -3.32. The predicted molar refractivity (Wildman–Crippen MR) is 109 cm³/mol. The van der Waals surface area contributed by atoms with Crippen LogP contribution in [0, 0.1) is 0 Å². The molecule has 0 aliphatic carbocycles. The molecule has 1 aromatic heterocycles. The summed E-state index contributed by atoms with van der Waals surface area (Å²) in [5.74, 6) is -2.71. The van der Waals surface area contributed by atoms with Gasteiger partial charge in [-0.3, -0.25) is 0 Å². The van der Waals surface area contributed by atoms with E-state index in [2.05, 4.69) is 34.1 Å². The summed E-state index contributed by atoms with van der Waals surface area (Å²) in [7, 11) is 0. The Labute approximate surface area is 168 Å². The van der Waals surface area contributed by atoms with E-state index in [-0.39, 0.29) is 0 Å². The van der Waals surface area contributed by atoms with Gasteiger partial charge in [-0.15, -0.1) is 0 Å². The summed E-state index contributed by atoms with van der Waals surface area (Å²) in [6.45, 7) is 3.72. The SMILES string of the molecule is O=C(O)C(=O)O.c1ccc(OCCn2c3c(c4ccccc42)CCNCC3)cc1. The number of nitrogens with zero attached hydrogens (tertiary/aromatic N) is 1. The van der Waals surface area contributed by atoms with Crippen molar-refractivity contribution in [2.24, 2.45) is 0 Å². The van der Waals surface area contributed by atoms with Crippen LogP contribution in [0.25, 0.3) is 10.9 Å². The van der Waals surface area contributed by atoms with Gasteiger partial charge in [-0.25, -0.2) is 9.59 Å². The van der Waals surface area contributed by atoms with Gasteiger partial charge in [-0.1, -0.05) is 36.4 Å². The molecular weight excluding hydrogens is 372 g/mol. The number of rotatable bonds is 4. The quantitative estimate of drug-likeness (QED) is 0.586. The van der Waals surface area contributed by atoms with E-state index in [1.807, 2.05) is 30.3 Å². The molecule has 0 amide bonds. The third-order valence-corrected chi connectivity index (χ3v) is 4.79. The van der Waals surface area contributed by atoms with Crippen molar-refractivity contribution in [1.29, 1.82) is 0 Å². The topological polar surface area (TPSA) is 101 Å². The molecular formula is C22H24N2O5. The molecule has 152 valence electrons. The summed E-state index contributed by atoms with van der Waals surface area (Å²) in [5, 5.41) is 19.7. The molecule has 3 aromatic rings. The Morgan fingerprint density at radius 2 is 1.59 bits per heavy atom. The fraction of sp³-hybridized carbons (Fsp3) is 0.273. The number of hydrogen-bond donors (Lipinski definition) is 3. The zero-order chi connectivity index (χ0) is 20.6. The average Bonchev–Trinajstić information content (AvgIpc) is 2.87. The lowest BCUT2D eigenvalue weighted by Crippen LogP contribution is -2.17. The first-order chi connectivity index (χ1) is 14.1. The van der Waals surface area contributed by atoms with Crippen molar-refractivity contribution in [2.75, 3.05) is 19.7 Å². The van der Waals surface area contributed by atoms with Gasteiger partial charge >= 0.3 is 11.9 Å². The van der Waals surface area contributed by atoms with Gasteiger partial charge in [0.15, 0.2) is 0 Å². The largest absolute Gasteiger partial charge is 0.492 e. The standard InChI is InChI=1S/C20H22N2O.C2H2O4/c1-2-6-16(7-3-1)23-15-14-22-19-9-5-4-8-17(19)18-10-12-21-13-11-20(18)22;3-1(4)2(5)6/h1-9,21H,10-15H2;(H,3,4)(H,5,6). The van der Waals surface area contributed by atoms with E-state index >= 15 is 0 Å². The molecule has 0 atom stereocenters. The van der Waals surface area contributed by atoms with Crippen LogP contribution in [0.3, 0.4) is 0 Å². The number of ether oxygens (including phenoxy) is 1. The second-order valence-corrected chi connectivity index (χ2v) is 6.62. The fourth-order valence-electron chi connectivity index (χ4n) is 3.56. The Morgan fingerprint density at radius 1 is 0.931 bits per heavy atom. The smallest absolute Gasteiger partial charge is 0.414 e. The minimum absolute atomic E-state index is 0.697. The van der Waals surface area contributed by atoms with E-state index in [0.29, 0.717) is 6.61 Å². The second-order valence-electron chi connectivity index (χ2n) is 6.62. The molecule has 7 nitrogen and oxygen atoms in total. The van der Waals surface area contributed by atoms with Gasteiger partial charge in [0.25, 0.3) is 0 Å². The normalized spacial score (nSPS) is 13.0. The molecule has 7 heteroatoms. The van der Waals surface area contributed by atoms with Crippen LogP contribution in [0.5, 0.6) is 5.75 Å². The van der Waals surface area contributed by atoms with E-state index in [1.165, 1.54) is 22.2 Å². The van der Waals surface area contributed by atoms with Gasteiger partial charge in [0.1, 0.15) is 12.4 Å². The van der Waals surface area contributed by atoms with E-state index in [4.69, 9.17) is 24.5 Å². The summed E-state index contributed by atoms with van der Waals surface area (Å²) in [6, 6.07) is 18.8. The first kappa shape index (κ1) is 20.4. The van der Waals surface area contributed by atoms with E-state index < -0.39 is 11.9 Å². The second kappa shape index (κ2) is 9.75. The number of aromatic nitrogens is 1. The molecule has 1 aliphatic rings. The first-order valence-electron chi connectivity index (χ1n) is 9.51. The highest BCUT2D eigenvalue weighted by molar-refractivity contribution is 6.27. The average molecular weight is 396 g/mol. The summed E-state index contributed by atoms with van der Waals surface area (Å²) < 4.78 is 8.37. The number of carbonyl (C=O) groups is 2. The predicted octanol–water partition coefficient (Wildman–Crippen LogP) is 2.56. The van der Waals surface area contributed by atoms with E-state index in [0.717, 1.165) is 38.2 Å². The third kappa shape index (κ3) is 5.14. The zero-order valence-electron chi connectivity index (χ0n) is 16.0. The highest BCUT2D eigenvalue weighted by atomic mass is 16.5. The van der Waals surface area contributed by atoms with Gasteiger partial charge in [0, 0.05) is 29.6 Å². The maximum atomic E-state index is 9.10. The highest BCUT2D eigenvalue weighted by Crippen LogP contribution is 2.28. The summed E-state index contributed by atoms with van der Waals surface area (Å²) in [5.41, 5.74) is 4.34. The number of carboxylic acids is 2. The van der Waals surface area contributed by atoms with Gasteiger partial charge in [-0.2, -0.15) is 0 Å². The summed E-state index contributed by atoms with van der Waals surface area (Å²) in [6.07, 6.45) is 2.21. The molecule has 0 radical (unpaired) electrons. The van der Waals surface area contributed by atoms with Crippen molar-refractivity contribution in [3.8, 4) is 5.75 Å². The fourth-order valence-corrected chi connectivity index (χ4v) is 3.56. The maximum absolute atomic E-state index is 9.10. The van der Waals surface area contributed by atoms with Crippen molar-refractivity contribution < 1.29 is 24.5 Å². The van der Waals surface area contributed by atoms with Crippen LogP contribution < -0.4 is 10.1 Å². The molecule has 2 aromatic carbocycles. The van der Waals surface area contributed by atoms with Crippen LogP contribution >= 0.6 is 0 Å². The number of hydrogen-bond acceptors (Lipinski definition) is 4. The van der Waals surface area contributed by atoms with Crippen molar-refractivity contribution in [3.05, 3.63) is 65.9 Å². The summed E-state index contributed by atoms with van der Waals surface area (Å²) >= 11 is 0. The number of para-hydroxylation sites is 2. The minimum atomic E-state index is -1.82. The Bertz CT molecular complexity index is 970. The highest BCUT2D eigenvalue weighted by Gasteiger charge is 2.18. The van der Waals surface area contributed by atoms with Crippen LogP contribution in [0.15, 0.2) is 54.6 Å².